The Kier molecular flexibility index (Phi) is 4.53. The highest BCUT2D eigenvalue weighted by atomic mass is 16.5. The van der Waals surface area contributed by atoms with Crippen molar-refractivity contribution < 1.29 is 4.74 Å². The Balaban J connectivity index is 2.11. The van der Waals surface area contributed by atoms with Crippen LogP contribution in [-0.4, -0.2) is 11.0 Å². The Bertz CT molecular complexity index is 521. The van der Waals surface area contributed by atoms with E-state index in [1.165, 1.54) is 5.56 Å². The number of rotatable bonds is 5. The zero-order valence-electron chi connectivity index (χ0n) is 11.5. The minimum atomic E-state index is 0.148. The first-order chi connectivity index (χ1) is 9.19. The van der Waals surface area contributed by atoms with Gasteiger partial charge in [0.1, 0.15) is 5.75 Å². The van der Waals surface area contributed by atoms with Gasteiger partial charge in [0.25, 0.3) is 0 Å². The van der Waals surface area contributed by atoms with E-state index in [4.69, 9.17) is 10.5 Å². The molecule has 0 spiro atoms. The van der Waals surface area contributed by atoms with Crippen LogP contribution in [0.25, 0.3) is 0 Å². The van der Waals surface area contributed by atoms with Crippen molar-refractivity contribution in [1.82, 2.24) is 4.98 Å². The molecule has 0 fully saturated rings. The van der Waals surface area contributed by atoms with Gasteiger partial charge >= 0.3 is 0 Å². The van der Waals surface area contributed by atoms with Gasteiger partial charge in [0.05, 0.1) is 0 Å². The van der Waals surface area contributed by atoms with Crippen molar-refractivity contribution in [2.24, 2.45) is 5.73 Å². The predicted octanol–water partition coefficient (Wildman–Crippen LogP) is 3.33. The number of nitrogens with two attached hydrogens (primary N) is 1. The van der Waals surface area contributed by atoms with Crippen LogP contribution in [0.3, 0.4) is 0 Å². The molecule has 0 aliphatic heterocycles. The number of para-hydroxylation sites is 1. The molecule has 2 N–H and O–H groups in total. The zero-order valence-corrected chi connectivity index (χ0v) is 11.5. The summed E-state index contributed by atoms with van der Waals surface area (Å²) < 4.78 is 5.82. The number of pyridine rings is 1. The van der Waals surface area contributed by atoms with Crippen molar-refractivity contribution in [3.8, 4) is 11.6 Å². The van der Waals surface area contributed by atoms with Crippen molar-refractivity contribution in [1.29, 1.82) is 0 Å². The average molecular weight is 256 g/mol. The van der Waals surface area contributed by atoms with E-state index in [-0.39, 0.29) is 6.04 Å². The summed E-state index contributed by atoms with van der Waals surface area (Å²) in [5.41, 5.74) is 8.08. The van der Waals surface area contributed by atoms with E-state index < -0.39 is 0 Å². The van der Waals surface area contributed by atoms with E-state index in [1.54, 1.807) is 0 Å². The topological polar surface area (TPSA) is 48.1 Å². The SMILES string of the molecule is CCc1ccccc1Oc1ccc(CC(C)N)cn1. The molecule has 0 saturated carbocycles. The third kappa shape index (κ3) is 3.80. The second kappa shape index (κ2) is 6.34. The molecule has 0 aliphatic rings. The summed E-state index contributed by atoms with van der Waals surface area (Å²) in [6.45, 7) is 4.10. The molecule has 1 aromatic carbocycles. The molecule has 1 unspecified atom stereocenters. The molecule has 1 aromatic heterocycles. The molecular weight excluding hydrogens is 236 g/mol. The maximum absolute atomic E-state index is 5.82. The zero-order chi connectivity index (χ0) is 13.7. The molecule has 0 radical (unpaired) electrons. The van der Waals surface area contributed by atoms with Crippen LogP contribution in [0.5, 0.6) is 11.6 Å². The number of hydrogen-bond acceptors (Lipinski definition) is 3. The molecule has 3 heteroatoms. The normalized spacial score (nSPS) is 12.2. The van der Waals surface area contributed by atoms with Crippen LogP contribution in [0.2, 0.25) is 0 Å². The Morgan fingerprint density at radius 3 is 2.63 bits per heavy atom. The lowest BCUT2D eigenvalue weighted by Gasteiger charge is -2.10. The van der Waals surface area contributed by atoms with Crippen LogP contribution < -0.4 is 10.5 Å². The van der Waals surface area contributed by atoms with E-state index in [0.717, 1.165) is 24.2 Å². The number of nitrogens with zero attached hydrogens (tertiary/aromatic N) is 1. The largest absolute Gasteiger partial charge is 0.439 e. The van der Waals surface area contributed by atoms with Crippen molar-refractivity contribution in [3.63, 3.8) is 0 Å². The van der Waals surface area contributed by atoms with Crippen LogP contribution in [-0.2, 0) is 12.8 Å². The molecule has 1 heterocycles. The third-order valence-corrected chi connectivity index (χ3v) is 2.92. The number of ether oxygens (including phenoxy) is 1. The van der Waals surface area contributed by atoms with Gasteiger partial charge in [-0.1, -0.05) is 31.2 Å². The molecule has 3 nitrogen and oxygen atoms in total. The molecule has 0 saturated heterocycles. The van der Waals surface area contributed by atoms with E-state index >= 15 is 0 Å². The van der Waals surface area contributed by atoms with Gasteiger partial charge in [-0.3, -0.25) is 0 Å². The first kappa shape index (κ1) is 13.6. The number of hydrogen-bond donors (Lipinski definition) is 1. The van der Waals surface area contributed by atoms with Gasteiger partial charge in [-0.05, 0) is 37.0 Å². The fourth-order valence-electron chi connectivity index (χ4n) is 1.97. The van der Waals surface area contributed by atoms with Gasteiger partial charge in [0.2, 0.25) is 5.88 Å². The van der Waals surface area contributed by atoms with Crippen LogP contribution in [0, 0.1) is 0 Å². The molecule has 0 aliphatic carbocycles. The van der Waals surface area contributed by atoms with Crippen molar-refractivity contribution in [2.75, 3.05) is 0 Å². The maximum atomic E-state index is 5.82. The Labute approximate surface area is 114 Å². The summed E-state index contributed by atoms with van der Waals surface area (Å²) in [6.07, 6.45) is 3.60. The van der Waals surface area contributed by atoms with E-state index in [2.05, 4.69) is 18.0 Å². The van der Waals surface area contributed by atoms with E-state index in [9.17, 15) is 0 Å². The molecular formula is C16H20N2O. The van der Waals surface area contributed by atoms with Gasteiger partial charge in [-0.15, -0.1) is 0 Å². The lowest BCUT2D eigenvalue weighted by atomic mass is 10.1. The highest BCUT2D eigenvalue weighted by molar-refractivity contribution is 5.36. The number of aryl methyl sites for hydroxylation is 1. The van der Waals surface area contributed by atoms with Gasteiger partial charge in [0, 0.05) is 18.3 Å². The summed E-state index contributed by atoms with van der Waals surface area (Å²) in [5, 5.41) is 0. The number of benzene rings is 1. The standard InChI is InChI=1S/C16H20N2O/c1-3-14-6-4-5-7-15(14)19-16-9-8-13(11-18-16)10-12(2)17/h4-9,11-12H,3,10,17H2,1-2H3. The summed E-state index contributed by atoms with van der Waals surface area (Å²) in [4.78, 5) is 4.32. The van der Waals surface area contributed by atoms with Crippen LogP contribution in [0.15, 0.2) is 42.6 Å². The summed E-state index contributed by atoms with van der Waals surface area (Å²) >= 11 is 0. The Morgan fingerprint density at radius 2 is 2.00 bits per heavy atom. The second-order valence-corrected chi connectivity index (χ2v) is 4.75. The molecule has 2 aromatic rings. The second-order valence-electron chi connectivity index (χ2n) is 4.75. The van der Waals surface area contributed by atoms with Crippen LogP contribution in [0.4, 0.5) is 0 Å². The fourth-order valence-corrected chi connectivity index (χ4v) is 1.97. The van der Waals surface area contributed by atoms with E-state index in [1.807, 2.05) is 43.5 Å². The summed E-state index contributed by atoms with van der Waals surface area (Å²) in [6, 6.07) is 12.1. The molecule has 0 bridgehead atoms. The molecule has 1 atom stereocenters. The van der Waals surface area contributed by atoms with Crippen molar-refractivity contribution >= 4 is 0 Å². The minimum Gasteiger partial charge on any atom is -0.439 e. The van der Waals surface area contributed by atoms with Crippen LogP contribution in [0.1, 0.15) is 25.0 Å². The molecule has 2 rings (SSSR count). The first-order valence-electron chi connectivity index (χ1n) is 6.65. The highest BCUT2D eigenvalue weighted by Crippen LogP contribution is 2.24. The van der Waals surface area contributed by atoms with Crippen molar-refractivity contribution in [3.05, 3.63) is 53.7 Å². The monoisotopic (exact) mass is 256 g/mol. The lowest BCUT2D eigenvalue weighted by molar-refractivity contribution is 0.457. The molecule has 100 valence electrons. The molecule has 0 amide bonds. The van der Waals surface area contributed by atoms with Gasteiger partial charge in [-0.25, -0.2) is 4.98 Å². The van der Waals surface area contributed by atoms with Gasteiger partial charge < -0.3 is 10.5 Å². The summed E-state index contributed by atoms with van der Waals surface area (Å²) in [5.74, 6) is 1.49. The van der Waals surface area contributed by atoms with E-state index in [0.29, 0.717) is 5.88 Å². The Hall–Kier alpha value is -1.87. The lowest BCUT2D eigenvalue weighted by Crippen LogP contribution is -2.17. The fraction of sp³-hybridized carbons (Fsp3) is 0.312. The Morgan fingerprint density at radius 1 is 1.21 bits per heavy atom. The minimum absolute atomic E-state index is 0.148. The number of aromatic nitrogens is 1. The predicted molar refractivity (Wildman–Crippen MR) is 77.5 cm³/mol. The van der Waals surface area contributed by atoms with Crippen LogP contribution >= 0.6 is 0 Å². The summed E-state index contributed by atoms with van der Waals surface area (Å²) in [7, 11) is 0. The van der Waals surface area contributed by atoms with Crippen molar-refractivity contribution in [2.45, 2.75) is 32.7 Å². The first-order valence-corrected chi connectivity index (χ1v) is 6.65. The average Bonchev–Trinajstić information content (AvgIpc) is 2.41. The smallest absolute Gasteiger partial charge is 0.219 e. The quantitative estimate of drug-likeness (QED) is 0.892. The highest BCUT2D eigenvalue weighted by Gasteiger charge is 2.04. The third-order valence-electron chi connectivity index (χ3n) is 2.92. The van der Waals surface area contributed by atoms with Gasteiger partial charge in [0.15, 0.2) is 0 Å². The molecule has 19 heavy (non-hydrogen) atoms. The maximum Gasteiger partial charge on any atom is 0.219 e. The van der Waals surface area contributed by atoms with Gasteiger partial charge in [-0.2, -0.15) is 0 Å².